The lowest BCUT2D eigenvalue weighted by Gasteiger charge is -2.32. The van der Waals surface area contributed by atoms with Crippen LogP contribution in [0.15, 0.2) is 48.8 Å². The topological polar surface area (TPSA) is 75.9 Å². The van der Waals surface area contributed by atoms with Crippen LogP contribution in [0.2, 0.25) is 0 Å². The summed E-state index contributed by atoms with van der Waals surface area (Å²) in [5.41, 5.74) is 2.34. The molecule has 1 saturated heterocycles. The molecule has 1 unspecified atom stereocenters. The maximum Gasteiger partial charge on any atom is 0.225 e. The Bertz CT molecular complexity index is 964. The minimum Gasteiger partial charge on any atom is -0.354 e. The molecule has 1 N–H and O–H groups in total. The first-order valence-electron chi connectivity index (χ1n) is 10.0. The highest BCUT2D eigenvalue weighted by Gasteiger charge is 2.26. The van der Waals surface area contributed by atoms with Gasteiger partial charge in [0, 0.05) is 32.0 Å². The summed E-state index contributed by atoms with van der Waals surface area (Å²) in [5.74, 6) is 2.49. The van der Waals surface area contributed by atoms with Crippen LogP contribution in [-0.4, -0.2) is 38.7 Å². The summed E-state index contributed by atoms with van der Waals surface area (Å²) in [6.07, 6.45) is 5.48. The van der Waals surface area contributed by atoms with Gasteiger partial charge in [-0.15, -0.1) is 10.2 Å². The largest absolute Gasteiger partial charge is 0.354 e. The van der Waals surface area contributed by atoms with Gasteiger partial charge >= 0.3 is 0 Å². The molecule has 7 heteroatoms. The molecule has 2 aromatic heterocycles. The first-order valence-corrected chi connectivity index (χ1v) is 10.0. The van der Waals surface area contributed by atoms with Crippen molar-refractivity contribution in [2.45, 2.75) is 33.2 Å². The van der Waals surface area contributed by atoms with Gasteiger partial charge in [-0.2, -0.15) is 0 Å². The molecule has 1 amide bonds. The second kappa shape index (κ2) is 8.43. The van der Waals surface area contributed by atoms with Crippen LogP contribution in [-0.2, 0) is 11.3 Å². The molecule has 3 heterocycles. The Balaban J connectivity index is 1.37. The average Bonchev–Trinajstić information content (AvgIpc) is 3.19. The molecule has 0 aliphatic carbocycles. The van der Waals surface area contributed by atoms with Crippen molar-refractivity contribution in [3.05, 3.63) is 65.7 Å². The number of nitrogens with zero attached hydrogens (tertiary/aromatic N) is 5. The fourth-order valence-corrected chi connectivity index (χ4v) is 3.67. The zero-order valence-electron chi connectivity index (χ0n) is 16.9. The fourth-order valence-electron chi connectivity index (χ4n) is 3.67. The van der Waals surface area contributed by atoms with Crippen LogP contribution in [0.5, 0.6) is 0 Å². The van der Waals surface area contributed by atoms with Crippen LogP contribution in [0.3, 0.4) is 0 Å². The van der Waals surface area contributed by atoms with Crippen molar-refractivity contribution in [2.24, 2.45) is 5.92 Å². The second-order valence-electron chi connectivity index (χ2n) is 7.58. The molecule has 4 rings (SSSR count). The number of benzene rings is 1. The summed E-state index contributed by atoms with van der Waals surface area (Å²) in [6, 6.07) is 12.2. The van der Waals surface area contributed by atoms with E-state index in [0.717, 1.165) is 42.4 Å². The van der Waals surface area contributed by atoms with Crippen LogP contribution in [0.1, 0.15) is 29.8 Å². The number of hydrogen-bond donors (Lipinski definition) is 1. The lowest BCUT2D eigenvalue weighted by molar-refractivity contribution is -0.125. The number of aryl methyl sites for hydroxylation is 2. The second-order valence-corrected chi connectivity index (χ2v) is 7.58. The molecule has 1 aliphatic heterocycles. The van der Waals surface area contributed by atoms with Crippen molar-refractivity contribution in [1.29, 1.82) is 0 Å². The van der Waals surface area contributed by atoms with Gasteiger partial charge in [-0.3, -0.25) is 9.36 Å². The number of carbonyl (C=O) groups is 1. The predicted octanol–water partition coefficient (Wildman–Crippen LogP) is 2.81. The van der Waals surface area contributed by atoms with Gasteiger partial charge in [-0.05, 0) is 44.4 Å². The molecular formula is C22H26N6O. The number of aromatic nitrogens is 4. The molecule has 0 bridgehead atoms. The Hall–Kier alpha value is -3.22. The molecule has 7 nitrogen and oxygen atoms in total. The minimum atomic E-state index is -0.0356. The van der Waals surface area contributed by atoms with E-state index in [2.05, 4.69) is 56.6 Å². The Kier molecular flexibility index (Phi) is 5.55. The number of imidazole rings is 1. The molecule has 0 spiro atoms. The number of piperidine rings is 1. The summed E-state index contributed by atoms with van der Waals surface area (Å²) in [7, 11) is 0. The van der Waals surface area contributed by atoms with Crippen molar-refractivity contribution >= 4 is 11.7 Å². The summed E-state index contributed by atoms with van der Waals surface area (Å²) < 4.78 is 1.90. The van der Waals surface area contributed by atoms with Crippen molar-refractivity contribution in [3.8, 4) is 5.82 Å². The summed E-state index contributed by atoms with van der Waals surface area (Å²) >= 11 is 0. The van der Waals surface area contributed by atoms with Crippen LogP contribution >= 0.6 is 0 Å². The molecular weight excluding hydrogens is 364 g/mol. The number of carbonyl (C=O) groups excluding carboxylic acids is 1. The highest BCUT2D eigenvalue weighted by molar-refractivity contribution is 5.79. The zero-order valence-corrected chi connectivity index (χ0v) is 16.9. The minimum absolute atomic E-state index is 0.0356. The summed E-state index contributed by atoms with van der Waals surface area (Å²) in [6.45, 7) is 6.11. The first-order chi connectivity index (χ1) is 14.1. The van der Waals surface area contributed by atoms with E-state index in [4.69, 9.17) is 0 Å². The van der Waals surface area contributed by atoms with E-state index in [1.165, 1.54) is 5.56 Å². The molecule has 29 heavy (non-hydrogen) atoms. The number of anilines is 1. The molecule has 1 fully saturated rings. The van der Waals surface area contributed by atoms with E-state index in [9.17, 15) is 4.79 Å². The Morgan fingerprint density at radius 2 is 1.86 bits per heavy atom. The Labute approximate surface area is 170 Å². The third kappa shape index (κ3) is 4.45. The fraction of sp³-hybridized carbons (Fsp3) is 0.364. The average molecular weight is 390 g/mol. The molecule has 0 radical (unpaired) electrons. The van der Waals surface area contributed by atoms with Gasteiger partial charge in [0.1, 0.15) is 5.82 Å². The Morgan fingerprint density at radius 1 is 1.10 bits per heavy atom. The van der Waals surface area contributed by atoms with Crippen LogP contribution in [0.25, 0.3) is 5.82 Å². The third-order valence-electron chi connectivity index (χ3n) is 5.41. The molecule has 150 valence electrons. The van der Waals surface area contributed by atoms with Gasteiger partial charge in [-0.1, -0.05) is 29.8 Å². The molecule has 0 saturated carbocycles. The number of amides is 1. The van der Waals surface area contributed by atoms with Gasteiger partial charge in [0.05, 0.1) is 5.92 Å². The van der Waals surface area contributed by atoms with Crippen LogP contribution in [0, 0.1) is 19.8 Å². The van der Waals surface area contributed by atoms with E-state index in [-0.39, 0.29) is 11.8 Å². The van der Waals surface area contributed by atoms with Gasteiger partial charge < -0.3 is 10.2 Å². The number of hydrogen-bond acceptors (Lipinski definition) is 5. The summed E-state index contributed by atoms with van der Waals surface area (Å²) in [5, 5.41) is 11.8. The first kappa shape index (κ1) is 19.1. The maximum atomic E-state index is 12.7. The number of rotatable bonds is 5. The number of nitrogens with one attached hydrogen (secondary N) is 1. The van der Waals surface area contributed by atoms with E-state index in [0.29, 0.717) is 13.1 Å². The molecule has 1 aliphatic rings. The molecule has 1 aromatic carbocycles. The van der Waals surface area contributed by atoms with Gasteiger partial charge in [0.15, 0.2) is 11.6 Å². The van der Waals surface area contributed by atoms with E-state index < -0.39 is 0 Å². The smallest absolute Gasteiger partial charge is 0.225 e. The lowest BCUT2D eigenvalue weighted by atomic mass is 9.97. The lowest BCUT2D eigenvalue weighted by Crippen LogP contribution is -2.43. The van der Waals surface area contributed by atoms with Gasteiger partial charge in [0.2, 0.25) is 5.91 Å². The highest BCUT2D eigenvalue weighted by Crippen LogP contribution is 2.22. The van der Waals surface area contributed by atoms with Crippen LogP contribution < -0.4 is 10.2 Å². The predicted molar refractivity (Wildman–Crippen MR) is 112 cm³/mol. The van der Waals surface area contributed by atoms with Crippen molar-refractivity contribution in [3.63, 3.8) is 0 Å². The molecule has 1 atom stereocenters. The van der Waals surface area contributed by atoms with E-state index in [1.54, 1.807) is 6.20 Å². The van der Waals surface area contributed by atoms with E-state index >= 15 is 0 Å². The maximum absolute atomic E-state index is 12.7. The van der Waals surface area contributed by atoms with Gasteiger partial charge in [-0.25, -0.2) is 4.98 Å². The van der Waals surface area contributed by atoms with Crippen LogP contribution in [0.4, 0.5) is 5.82 Å². The SMILES string of the molecule is Cc1ccc(CNC(=O)C2CCCN(c3ccc(-n4ccnc4C)nn3)C2)cc1. The zero-order chi connectivity index (χ0) is 20.2. The standard InChI is InChI=1S/C22H26N6O/c1-16-5-7-18(8-6-16)14-24-22(29)19-4-3-12-27(15-19)20-9-10-21(26-25-20)28-13-11-23-17(28)2/h5-11,13,19H,3-4,12,14-15H2,1-2H3,(H,24,29). The van der Waals surface area contributed by atoms with Crippen molar-refractivity contribution in [2.75, 3.05) is 18.0 Å². The van der Waals surface area contributed by atoms with E-state index in [1.807, 2.05) is 29.8 Å². The quantitative estimate of drug-likeness (QED) is 0.725. The van der Waals surface area contributed by atoms with Crippen molar-refractivity contribution in [1.82, 2.24) is 25.1 Å². The summed E-state index contributed by atoms with van der Waals surface area (Å²) in [4.78, 5) is 19.0. The Morgan fingerprint density at radius 3 is 2.55 bits per heavy atom. The third-order valence-corrected chi connectivity index (χ3v) is 5.41. The highest BCUT2D eigenvalue weighted by atomic mass is 16.1. The van der Waals surface area contributed by atoms with Gasteiger partial charge in [0.25, 0.3) is 0 Å². The normalized spacial score (nSPS) is 16.6. The molecule has 3 aromatic rings. The monoisotopic (exact) mass is 390 g/mol. The van der Waals surface area contributed by atoms with Crippen molar-refractivity contribution < 1.29 is 4.79 Å².